The van der Waals surface area contributed by atoms with Gasteiger partial charge in [-0.2, -0.15) is 0 Å². The van der Waals surface area contributed by atoms with Crippen LogP contribution < -0.4 is 15.2 Å². The Morgan fingerprint density at radius 2 is 2.24 bits per heavy atom. The van der Waals surface area contributed by atoms with Crippen molar-refractivity contribution in [3.05, 3.63) is 38.7 Å². The van der Waals surface area contributed by atoms with Crippen molar-refractivity contribution in [2.24, 2.45) is 5.92 Å². The average molecular weight is 343 g/mol. The first-order chi connectivity index (χ1) is 9.40. The minimum atomic E-state index is 0. The average Bonchev–Trinajstić information content (AvgIpc) is 2.97. The van der Waals surface area contributed by atoms with E-state index >= 15 is 0 Å². The highest BCUT2D eigenvalue weighted by atomic mass is 35.5. The molecule has 114 valence electrons. The first kappa shape index (κ1) is 16.8. The molecule has 1 N–H and O–H groups in total. The summed E-state index contributed by atoms with van der Waals surface area (Å²) in [5.41, 5.74) is 2.81. The van der Waals surface area contributed by atoms with Gasteiger partial charge in [-0.1, -0.05) is 18.2 Å². The van der Waals surface area contributed by atoms with Gasteiger partial charge in [-0.15, -0.1) is 36.2 Å². The predicted octanol–water partition coefficient (Wildman–Crippen LogP) is 2.36. The molecule has 1 saturated heterocycles. The van der Waals surface area contributed by atoms with Crippen molar-refractivity contribution < 1.29 is 0 Å². The molecule has 3 aliphatic rings. The monoisotopic (exact) mass is 342 g/mol. The number of hydrogen-bond donors (Lipinski definition) is 1. The summed E-state index contributed by atoms with van der Waals surface area (Å²) in [6.07, 6.45) is 13.8. The zero-order valence-electron chi connectivity index (χ0n) is 11.8. The van der Waals surface area contributed by atoms with E-state index in [1.165, 1.54) is 52.0 Å². The lowest BCUT2D eigenvalue weighted by Gasteiger charge is -2.21. The van der Waals surface area contributed by atoms with Crippen LogP contribution in [0.2, 0.25) is 0 Å². The maximum absolute atomic E-state index is 4.92. The van der Waals surface area contributed by atoms with E-state index in [2.05, 4.69) is 29.6 Å². The standard InChI is InChI=1S/C16H18N2S.2ClH/c1-2-6-13-12(5-1)9-14-16(13)18-15(19-14)8-11-4-3-7-17-10-11;;/h1-2,5,9,11,17H,3-4,6-8,10H2;2*1H. The molecule has 1 aromatic heterocycles. The molecule has 0 bridgehead atoms. The molecular weight excluding hydrogens is 323 g/mol. The van der Waals surface area contributed by atoms with Crippen molar-refractivity contribution in [2.45, 2.75) is 25.7 Å². The second-order valence-corrected chi connectivity index (χ2v) is 6.73. The molecule has 2 heterocycles. The number of fused-ring (bicyclic) bond motifs is 2. The van der Waals surface area contributed by atoms with Crippen molar-refractivity contribution in [1.29, 1.82) is 0 Å². The van der Waals surface area contributed by atoms with Crippen LogP contribution in [0.25, 0.3) is 11.6 Å². The topological polar surface area (TPSA) is 24.9 Å². The number of nitrogens with zero attached hydrogens (tertiary/aromatic N) is 1. The molecule has 1 fully saturated rings. The number of halogens is 2. The predicted molar refractivity (Wildman–Crippen MR) is 94.9 cm³/mol. The molecule has 0 amide bonds. The molecule has 1 aromatic rings. The molecule has 4 rings (SSSR count). The summed E-state index contributed by atoms with van der Waals surface area (Å²) in [5.74, 6) is 0.784. The third kappa shape index (κ3) is 3.26. The first-order valence-corrected chi connectivity index (χ1v) is 8.00. The van der Waals surface area contributed by atoms with Crippen LogP contribution in [0.15, 0.2) is 23.8 Å². The number of rotatable bonds is 2. The van der Waals surface area contributed by atoms with Crippen molar-refractivity contribution in [3.8, 4) is 0 Å². The van der Waals surface area contributed by atoms with E-state index in [0.29, 0.717) is 0 Å². The van der Waals surface area contributed by atoms with E-state index in [0.717, 1.165) is 18.8 Å². The molecule has 21 heavy (non-hydrogen) atoms. The zero-order chi connectivity index (χ0) is 12.7. The first-order valence-electron chi connectivity index (χ1n) is 7.19. The molecule has 0 radical (unpaired) electrons. The van der Waals surface area contributed by atoms with Crippen LogP contribution in [-0.2, 0) is 6.42 Å². The minimum absolute atomic E-state index is 0. The van der Waals surface area contributed by atoms with Crippen molar-refractivity contribution >= 4 is 47.8 Å². The minimum Gasteiger partial charge on any atom is -0.316 e. The van der Waals surface area contributed by atoms with Gasteiger partial charge in [-0.05, 0) is 55.5 Å². The summed E-state index contributed by atoms with van der Waals surface area (Å²) in [4.78, 5) is 4.92. The third-order valence-corrected chi connectivity index (χ3v) is 5.24. The van der Waals surface area contributed by atoms with E-state index < -0.39 is 0 Å². The van der Waals surface area contributed by atoms with Crippen LogP contribution in [0.4, 0.5) is 0 Å². The van der Waals surface area contributed by atoms with Crippen LogP contribution in [0.1, 0.15) is 24.3 Å². The van der Waals surface area contributed by atoms with Crippen LogP contribution in [0.5, 0.6) is 0 Å². The molecule has 1 atom stereocenters. The summed E-state index contributed by atoms with van der Waals surface area (Å²) in [6.45, 7) is 2.36. The largest absolute Gasteiger partial charge is 0.316 e. The Bertz CT molecular complexity index is 682. The molecule has 0 aromatic carbocycles. The molecular formula is C16H20Cl2N2S. The number of hydrogen-bond acceptors (Lipinski definition) is 3. The SMILES string of the molecule is C1=CCC2=c3nc(CC4CCCNC4)sc3=CC2=C1.Cl.Cl. The van der Waals surface area contributed by atoms with Crippen LogP contribution >= 0.6 is 36.2 Å². The fourth-order valence-electron chi connectivity index (χ4n) is 3.21. The fourth-order valence-corrected chi connectivity index (χ4v) is 4.37. The van der Waals surface area contributed by atoms with Gasteiger partial charge in [0.05, 0.1) is 14.9 Å². The van der Waals surface area contributed by atoms with Crippen LogP contribution in [0, 0.1) is 5.92 Å². The summed E-state index contributed by atoms with van der Waals surface area (Å²) in [6, 6.07) is 0. The summed E-state index contributed by atoms with van der Waals surface area (Å²) < 4.78 is 1.38. The number of piperidine rings is 1. The van der Waals surface area contributed by atoms with Gasteiger partial charge in [0.25, 0.3) is 0 Å². The maximum atomic E-state index is 4.92. The molecule has 2 aliphatic carbocycles. The Labute approximate surface area is 141 Å². The van der Waals surface area contributed by atoms with Crippen molar-refractivity contribution in [2.75, 3.05) is 13.1 Å². The van der Waals surface area contributed by atoms with E-state index in [4.69, 9.17) is 4.98 Å². The second kappa shape index (κ2) is 7.10. The van der Waals surface area contributed by atoms with Crippen molar-refractivity contribution in [1.82, 2.24) is 10.3 Å². The Kier molecular flexibility index (Phi) is 5.67. The lowest BCUT2D eigenvalue weighted by molar-refractivity contribution is 0.375. The van der Waals surface area contributed by atoms with E-state index in [1.807, 2.05) is 11.3 Å². The van der Waals surface area contributed by atoms with Gasteiger partial charge in [-0.3, -0.25) is 0 Å². The zero-order valence-corrected chi connectivity index (χ0v) is 14.3. The highest BCUT2D eigenvalue weighted by Gasteiger charge is 2.18. The highest BCUT2D eigenvalue weighted by molar-refractivity contribution is 7.09. The molecule has 1 aliphatic heterocycles. The lowest BCUT2D eigenvalue weighted by atomic mass is 9.97. The van der Waals surface area contributed by atoms with Gasteiger partial charge in [0.1, 0.15) is 0 Å². The number of thiazole rings is 1. The smallest absolute Gasteiger partial charge is 0.0942 e. The second-order valence-electron chi connectivity index (χ2n) is 5.61. The maximum Gasteiger partial charge on any atom is 0.0942 e. The Hall–Kier alpha value is -0.610. The van der Waals surface area contributed by atoms with E-state index in [1.54, 1.807) is 0 Å². The molecule has 0 saturated carbocycles. The Morgan fingerprint density at radius 3 is 3.05 bits per heavy atom. The molecule has 5 heteroatoms. The van der Waals surface area contributed by atoms with Gasteiger partial charge in [0.15, 0.2) is 0 Å². The normalized spacial score (nSPS) is 22.4. The fraction of sp³-hybridized carbons (Fsp3) is 0.438. The van der Waals surface area contributed by atoms with Gasteiger partial charge in [0, 0.05) is 6.42 Å². The molecule has 1 unspecified atom stereocenters. The third-order valence-electron chi connectivity index (χ3n) is 4.21. The van der Waals surface area contributed by atoms with Crippen molar-refractivity contribution in [3.63, 3.8) is 0 Å². The van der Waals surface area contributed by atoms with Gasteiger partial charge in [-0.25, -0.2) is 4.98 Å². The van der Waals surface area contributed by atoms with E-state index in [9.17, 15) is 0 Å². The summed E-state index contributed by atoms with van der Waals surface area (Å²) >= 11 is 1.90. The lowest BCUT2D eigenvalue weighted by Crippen LogP contribution is -2.30. The van der Waals surface area contributed by atoms with Crippen LogP contribution in [0.3, 0.4) is 0 Å². The Morgan fingerprint density at radius 1 is 1.33 bits per heavy atom. The van der Waals surface area contributed by atoms with Crippen LogP contribution in [-0.4, -0.2) is 18.1 Å². The highest BCUT2D eigenvalue weighted by Crippen LogP contribution is 2.24. The quantitative estimate of drug-likeness (QED) is 0.892. The summed E-state index contributed by atoms with van der Waals surface area (Å²) in [7, 11) is 0. The van der Waals surface area contributed by atoms with Gasteiger partial charge < -0.3 is 5.32 Å². The number of aromatic nitrogens is 1. The molecule has 2 nitrogen and oxygen atoms in total. The van der Waals surface area contributed by atoms with Gasteiger partial charge >= 0.3 is 0 Å². The van der Waals surface area contributed by atoms with E-state index in [-0.39, 0.29) is 24.8 Å². The van der Waals surface area contributed by atoms with Gasteiger partial charge in [0.2, 0.25) is 0 Å². The number of nitrogens with one attached hydrogen (secondary N) is 1. The molecule has 0 spiro atoms. The number of allylic oxidation sites excluding steroid dienone is 4. The summed E-state index contributed by atoms with van der Waals surface area (Å²) in [5, 5.41) is 6.09. The Balaban J connectivity index is 0.000000807.